The monoisotopic (exact) mass is 238 g/mol. The molecule has 0 spiro atoms. The lowest BCUT2D eigenvalue weighted by Gasteiger charge is -2.08. The molecule has 0 saturated carbocycles. The van der Waals surface area contributed by atoms with E-state index in [-0.39, 0.29) is 0 Å². The first-order valence-corrected chi connectivity index (χ1v) is 5.91. The lowest BCUT2D eigenvalue weighted by molar-refractivity contribution is 0.963. The van der Waals surface area contributed by atoms with E-state index in [4.69, 9.17) is 0 Å². The summed E-state index contributed by atoms with van der Waals surface area (Å²) in [4.78, 5) is 8.34. The van der Waals surface area contributed by atoms with Crippen molar-refractivity contribution in [1.82, 2.24) is 9.97 Å². The average Bonchev–Trinajstić information content (AvgIpc) is 2.45. The van der Waals surface area contributed by atoms with Crippen LogP contribution < -0.4 is 5.32 Å². The van der Waals surface area contributed by atoms with Crippen LogP contribution in [0.15, 0.2) is 36.7 Å². The van der Waals surface area contributed by atoms with Crippen molar-refractivity contribution in [2.24, 2.45) is 0 Å². The van der Waals surface area contributed by atoms with Gasteiger partial charge in [0.2, 0.25) is 0 Å². The third-order valence-electron chi connectivity index (χ3n) is 2.55. The summed E-state index contributed by atoms with van der Waals surface area (Å²) in [5.74, 6) is 0.605. The van der Waals surface area contributed by atoms with Crippen molar-refractivity contribution >= 4 is 5.82 Å². The van der Waals surface area contributed by atoms with Crippen LogP contribution in [0, 0.1) is 11.3 Å². The molecule has 0 bridgehead atoms. The molecule has 1 aromatic heterocycles. The highest BCUT2D eigenvalue weighted by atomic mass is 15.0. The highest BCUT2D eigenvalue weighted by molar-refractivity contribution is 5.72. The van der Waals surface area contributed by atoms with Crippen LogP contribution in [0.25, 0.3) is 11.3 Å². The molecule has 0 radical (unpaired) electrons. The Morgan fingerprint density at radius 2 is 2.00 bits per heavy atom. The zero-order chi connectivity index (χ0) is 12.8. The van der Waals surface area contributed by atoms with Crippen LogP contribution >= 0.6 is 0 Å². The summed E-state index contributed by atoms with van der Waals surface area (Å²) in [5, 5.41) is 12.4. The van der Waals surface area contributed by atoms with Crippen LogP contribution in [-0.4, -0.2) is 16.5 Å². The number of nitrogens with zero attached hydrogens (tertiary/aromatic N) is 3. The van der Waals surface area contributed by atoms with Gasteiger partial charge in [-0.3, -0.25) is 0 Å². The first-order chi connectivity index (χ1) is 8.86. The molecule has 0 aliphatic heterocycles. The fourth-order valence-corrected chi connectivity index (χ4v) is 1.68. The molecule has 1 heterocycles. The third kappa shape index (κ3) is 2.46. The molecule has 90 valence electrons. The van der Waals surface area contributed by atoms with E-state index in [1.54, 1.807) is 0 Å². The molecule has 0 amide bonds. The maximum atomic E-state index is 9.29. The van der Waals surface area contributed by atoms with Gasteiger partial charge in [0.25, 0.3) is 0 Å². The Labute approximate surface area is 106 Å². The number of benzene rings is 1. The van der Waals surface area contributed by atoms with E-state index in [2.05, 4.69) is 28.3 Å². The molecule has 2 rings (SSSR count). The highest BCUT2D eigenvalue weighted by Crippen LogP contribution is 2.24. The van der Waals surface area contributed by atoms with Gasteiger partial charge in [-0.05, 0) is 6.42 Å². The summed E-state index contributed by atoms with van der Waals surface area (Å²) in [6, 6.07) is 11.9. The fourth-order valence-electron chi connectivity index (χ4n) is 1.68. The lowest BCUT2D eigenvalue weighted by atomic mass is 10.1. The van der Waals surface area contributed by atoms with Crippen molar-refractivity contribution in [2.45, 2.75) is 13.3 Å². The molecule has 2 aromatic rings. The zero-order valence-corrected chi connectivity index (χ0v) is 10.2. The number of aromatic nitrogens is 2. The smallest absolute Gasteiger partial charge is 0.148 e. The van der Waals surface area contributed by atoms with E-state index in [0.29, 0.717) is 17.1 Å². The van der Waals surface area contributed by atoms with E-state index in [9.17, 15) is 5.26 Å². The van der Waals surface area contributed by atoms with E-state index >= 15 is 0 Å². The molecule has 1 aromatic carbocycles. The minimum absolute atomic E-state index is 0.497. The predicted octanol–water partition coefficient (Wildman–Crippen LogP) is 2.84. The minimum atomic E-state index is 0.497. The Hall–Kier alpha value is -2.41. The Morgan fingerprint density at radius 3 is 2.67 bits per heavy atom. The molecule has 18 heavy (non-hydrogen) atoms. The molecule has 0 unspecified atom stereocenters. The molecular weight excluding hydrogens is 224 g/mol. The van der Waals surface area contributed by atoms with Crippen LogP contribution in [-0.2, 0) is 0 Å². The molecule has 0 aliphatic rings. The predicted molar refractivity (Wildman–Crippen MR) is 71.0 cm³/mol. The number of nitriles is 1. The first-order valence-electron chi connectivity index (χ1n) is 5.91. The third-order valence-corrected chi connectivity index (χ3v) is 2.55. The fraction of sp³-hybridized carbons (Fsp3) is 0.214. The molecule has 0 fully saturated rings. The molecular formula is C14H14N4. The maximum Gasteiger partial charge on any atom is 0.148 e. The number of hydrogen-bond acceptors (Lipinski definition) is 4. The molecule has 1 N–H and O–H groups in total. The van der Waals surface area contributed by atoms with Gasteiger partial charge in [-0.25, -0.2) is 9.97 Å². The van der Waals surface area contributed by atoms with E-state index < -0.39 is 0 Å². The minimum Gasteiger partial charge on any atom is -0.369 e. The zero-order valence-electron chi connectivity index (χ0n) is 10.2. The summed E-state index contributed by atoms with van der Waals surface area (Å²) >= 11 is 0. The van der Waals surface area contributed by atoms with Crippen LogP contribution in [0.5, 0.6) is 0 Å². The lowest BCUT2D eigenvalue weighted by Crippen LogP contribution is -2.06. The van der Waals surface area contributed by atoms with Crippen LogP contribution in [0.2, 0.25) is 0 Å². The average molecular weight is 238 g/mol. The van der Waals surface area contributed by atoms with Crippen molar-refractivity contribution in [3.63, 3.8) is 0 Å². The summed E-state index contributed by atoms with van der Waals surface area (Å²) in [6.45, 7) is 2.86. The van der Waals surface area contributed by atoms with Crippen LogP contribution in [0.1, 0.15) is 18.9 Å². The van der Waals surface area contributed by atoms with E-state index in [1.807, 2.05) is 30.3 Å². The SMILES string of the molecule is CCCNc1ncnc(-c2ccccc2)c1C#N. The summed E-state index contributed by atoms with van der Waals surface area (Å²) < 4.78 is 0. The standard InChI is InChI=1S/C14H14N4/c1-2-8-16-14-12(9-15)13(17-10-18-14)11-6-4-3-5-7-11/h3-7,10H,2,8H2,1H3,(H,16,17,18). The molecule has 0 saturated heterocycles. The largest absolute Gasteiger partial charge is 0.369 e. The molecule has 4 heteroatoms. The first kappa shape index (κ1) is 12.1. The van der Waals surface area contributed by atoms with Gasteiger partial charge in [-0.15, -0.1) is 0 Å². The van der Waals surface area contributed by atoms with Gasteiger partial charge < -0.3 is 5.32 Å². The molecule has 0 aliphatic carbocycles. The van der Waals surface area contributed by atoms with Crippen LogP contribution in [0.3, 0.4) is 0 Å². The summed E-state index contributed by atoms with van der Waals surface area (Å²) in [7, 11) is 0. The molecule has 4 nitrogen and oxygen atoms in total. The van der Waals surface area contributed by atoms with Crippen molar-refractivity contribution in [3.8, 4) is 17.3 Å². The van der Waals surface area contributed by atoms with Crippen molar-refractivity contribution in [2.75, 3.05) is 11.9 Å². The Balaban J connectivity index is 2.46. The van der Waals surface area contributed by atoms with Gasteiger partial charge in [0.05, 0.1) is 5.69 Å². The normalized spacial score (nSPS) is 9.78. The van der Waals surface area contributed by atoms with Crippen LogP contribution in [0.4, 0.5) is 5.82 Å². The second-order valence-electron chi connectivity index (χ2n) is 3.85. The molecule has 0 atom stereocenters. The van der Waals surface area contributed by atoms with Gasteiger partial charge >= 0.3 is 0 Å². The highest BCUT2D eigenvalue weighted by Gasteiger charge is 2.11. The Kier molecular flexibility index (Phi) is 3.87. The quantitative estimate of drug-likeness (QED) is 0.889. The van der Waals surface area contributed by atoms with E-state index in [1.165, 1.54) is 6.33 Å². The van der Waals surface area contributed by atoms with E-state index in [0.717, 1.165) is 18.5 Å². The van der Waals surface area contributed by atoms with Crippen molar-refractivity contribution < 1.29 is 0 Å². The van der Waals surface area contributed by atoms with Gasteiger partial charge in [0, 0.05) is 12.1 Å². The van der Waals surface area contributed by atoms with Crippen molar-refractivity contribution in [1.29, 1.82) is 5.26 Å². The van der Waals surface area contributed by atoms with Gasteiger partial charge in [-0.2, -0.15) is 5.26 Å². The van der Waals surface area contributed by atoms with Gasteiger partial charge in [0.1, 0.15) is 23.8 Å². The second kappa shape index (κ2) is 5.78. The summed E-state index contributed by atoms with van der Waals surface area (Å²) in [6.07, 6.45) is 2.47. The van der Waals surface area contributed by atoms with Crippen molar-refractivity contribution in [3.05, 3.63) is 42.2 Å². The second-order valence-corrected chi connectivity index (χ2v) is 3.85. The number of anilines is 1. The number of nitrogens with one attached hydrogen (secondary N) is 1. The van der Waals surface area contributed by atoms with Gasteiger partial charge in [0.15, 0.2) is 0 Å². The van der Waals surface area contributed by atoms with Gasteiger partial charge in [-0.1, -0.05) is 37.3 Å². The summed E-state index contributed by atoms with van der Waals surface area (Å²) in [5.41, 5.74) is 2.10. The topological polar surface area (TPSA) is 61.6 Å². The maximum absolute atomic E-state index is 9.29. The Bertz CT molecular complexity index is 558. The Morgan fingerprint density at radius 1 is 1.22 bits per heavy atom. The number of rotatable bonds is 4. The number of hydrogen-bond donors (Lipinski definition) is 1.